The van der Waals surface area contributed by atoms with E-state index in [2.05, 4.69) is 15.6 Å². The van der Waals surface area contributed by atoms with Crippen LogP contribution in [0.1, 0.15) is 16.1 Å². The lowest BCUT2D eigenvalue weighted by molar-refractivity contribution is 0.0786. The Bertz CT molecular complexity index is 942. The van der Waals surface area contributed by atoms with Crippen molar-refractivity contribution < 1.29 is 18.7 Å². The van der Waals surface area contributed by atoms with E-state index in [1.54, 1.807) is 18.3 Å². The molecule has 138 valence electrons. The van der Waals surface area contributed by atoms with Gasteiger partial charge >= 0.3 is 0 Å². The minimum Gasteiger partial charge on any atom is -0.486 e. The predicted octanol–water partition coefficient (Wildman–Crippen LogP) is 2.04. The third-order valence-electron chi connectivity index (χ3n) is 4.09. The van der Waals surface area contributed by atoms with E-state index in [0.29, 0.717) is 24.7 Å². The van der Waals surface area contributed by atoms with Crippen molar-refractivity contribution in [3.8, 4) is 11.5 Å². The zero-order chi connectivity index (χ0) is 18.6. The number of fused-ring (bicyclic) bond motifs is 1. The lowest BCUT2D eigenvalue weighted by atomic mass is 10.2. The first kappa shape index (κ1) is 17.0. The van der Waals surface area contributed by atoms with Gasteiger partial charge in [-0.15, -0.1) is 5.10 Å². The molecule has 0 bridgehead atoms. The van der Waals surface area contributed by atoms with Gasteiger partial charge in [0.1, 0.15) is 18.5 Å². The van der Waals surface area contributed by atoms with Crippen molar-refractivity contribution in [1.29, 1.82) is 0 Å². The number of carbonyl (C=O) groups is 1. The highest BCUT2D eigenvalue weighted by Crippen LogP contribution is 2.30. The molecule has 0 unspecified atom stereocenters. The molecule has 3 aromatic rings. The number of hydrogen-bond acceptors (Lipinski definition) is 5. The van der Waals surface area contributed by atoms with Crippen LogP contribution < -0.4 is 14.8 Å². The fourth-order valence-corrected chi connectivity index (χ4v) is 2.72. The number of hydrogen-bond donors (Lipinski definition) is 1. The van der Waals surface area contributed by atoms with Crippen LogP contribution in [0.3, 0.4) is 0 Å². The standard InChI is InChI=1S/C19H17FN4O3/c20-14-7-5-13(6-8-14)10-24-11-16(22-23-24)19(25)21-9-15-12-26-17-3-1-2-4-18(17)27-15/h1-8,11,15H,9-10,12H2,(H,21,25)/t15-/m0/s1. The van der Waals surface area contributed by atoms with Gasteiger partial charge in [-0.05, 0) is 29.8 Å². The summed E-state index contributed by atoms with van der Waals surface area (Å²) in [5, 5.41) is 10.6. The number of amides is 1. The lowest BCUT2D eigenvalue weighted by Gasteiger charge is -2.26. The van der Waals surface area contributed by atoms with Crippen LogP contribution in [0.15, 0.2) is 54.7 Å². The second-order valence-corrected chi connectivity index (χ2v) is 6.14. The van der Waals surface area contributed by atoms with Gasteiger partial charge < -0.3 is 14.8 Å². The van der Waals surface area contributed by atoms with Crippen molar-refractivity contribution >= 4 is 5.91 Å². The van der Waals surface area contributed by atoms with E-state index in [0.717, 1.165) is 5.56 Å². The minimum atomic E-state index is -0.345. The predicted molar refractivity (Wildman–Crippen MR) is 94.2 cm³/mol. The highest BCUT2D eigenvalue weighted by atomic mass is 19.1. The Morgan fingerprint density at radius 3 is 2.78 bits per heavy atom. The smallest absolute Gasteiger partial charge is 0.273 e. The van der Waals surface area contributed by atoms with Crippen LogP contribution in [0.4, 0.5) is 4.39 Å². The number of ether oxygens (including phenoxy) is 2. The molecule has 0 saturated carbocycles. The van der Waals surface area contributed by atoms with Crippen LogP contribution >= 0.6 is 0 Å². The minimum absolute atomic E-state index is 0.203. The summed E-state index contributed by atoms with van der Waals surface area (Å²) in [6.45, 7) is 1.05. The van der Waals surface area contributed by atoms with Gasteiger partial charge in [0.25, 0.3) is 5.91 Å². The number of aromatic nitrogens is 3. The molecule has 1 amide bonds. The van der Waals surface area contributed by atoms with Gasteiger partial charge in [-0.1, -0.05) is 29.5 Å². The van der Waals surface area contributed by atoms with Crippen LogP contribution in [-0.4, -0.2) is 40.2 Å². The highest BCUT2D eigenvalue weighted by molar-refractivity contribution is 5.91. The molecular weight excluding hydrogens is 351 g/mol. The van der Waals surface area contributed by atoms with E-state index in [-0.39, 0.29) is 30.1 Å². The Morgan fingerprint density at radius 2 is 1.96 bits per heavy atom. The van der Waals surface area contributed by atoms with E-state index in [1.165, 1.54) is 16.8 Å². The summed E-state index contributed by atoms with van der Waals surface area (Å²) in [6.07, 6.45) is 1.27. The maximum absolute atomic E-state index is 12.9. The summed E-state index contributed by atoms with van der Waals surface area (Å²) >= 11 is 0. The maximum Gasteiger partial charge on any atom is 0.273 e. The van der Waals surface area contributed by atoms with Crippen LogP contribution in [0.2, 0.25) is 0 Å². The summed E-state index contributed by atoms with van der Waals surface area (Å²) in [5.74, 6) is 0.716. The first-order valence-electron chi connectivity index (χ1n) is 8.48. The third-order valence-corrected chi connectivity index (χ3v) is 4.09. The van der Waals surface area contributed by atoms with Gasteiger partial charge in [-0.2, -0.15) is 0 Å². The van der Waals surface area contributed by atoms with E-state index >= 15 is 0 Å². The van der Waals surface area contributed by atoms with E-state index < -0.39 is 0 Å². The molecule has 0 spiro atoms. The highest BCUT2D eigenvalue weighted by Gasteiger charge is 2.22. The summed E-state index contributed by atoms with van der Waals surface area (Å²) in [4.78, 5) is 12.3. The molecule has 1 atom stereocenters. The number of rotatable bonds is 5. The zero-order valence-electron chi connectivity index (χ0n) is 14.3. The second-order valence-electron chi connectivity index (χ2n) is 6.14. The van der Waals surface area contributed by atoms with Gasteiger partial charge in [0.05, 0.1) is 19.3 Å². The topological polar surface area (TPSA) is 78.3 Å². The molecule has 0 radical (unpaired) electrons. The Labute approximate surface area is 154 Å². The number of benzene rings is 2. The Kier molecular flexibility index (Phi) is 4.69. The average Bonchev–Trinajstić information content (AvgIpc) is 3.16. The van der Waals surface area contributed by atoms with Gasteiger partial charge in [0.2, 0.25) is 0 Å². The Morgan fingerprint density at radius 1 is 1.19 bits per heavy atom. The van der Waals surface area contributed by atoms with E-state index in [4.69, 9.17) is 9.47 Å². The molecule has 1 aliphatic rings. The van der Waals surface area contributed by atoms with E-state index in [1.807, 2.05) is 24.3 Å². The molecule has 0 saturated heterocycles. The molecule has 27 heavy (non-hydrogen) atoms. The fourth-order valence-electron chi connectivity index (χ4n) is 2.72. The molecule has 1 aliphatic heterocycles. The SMILES string of the molecule is O=C(NC[C@H]1COc2ccccc2O1)c1cn(Cc2ccc(F)cc2)nn1. The molecule has 1 aromatic heterocycles. The maximum atomic E-state index is 12.9. The van der Waals surface area contributed by atoms with Crippen LogP contribution in [-0.2, 0) is 6.54 Å². The van der Waals surface area contributed by atoms with Crippen molar-refractivity contribution in [2.24, 2.45) is 0 Å². The summed E-state index contributed by atoms with van der Waals surface area (Å²) in [7, 11) is 0. The molecule has 1 N–H and O–H groups in total. The third kappa shape index (κ3) is 4.05. The summed E-state index contributed by atoms with van der Waals surface area (Å²) in [5.41, 5.74) is 1.06. The second kappa shape index (κ2) is 7.45. The normalized spacial score (nSPS) is 15.4. The molecule has 2 heterocycles. The van der Waals surface area contributed by atoms with Gasteiger partial charge in [-0.25, -0.2) is 9.07 Å². The first-order valence-corrected chi connectivity index (χ1v) is 8.48. The van der Waals surface area contributed by atoms with Gasteiger partial charge in [0.15, 0.2) is 17.2 Å². The number of nitrogens with one attached hydrogen (secondary N) is 1. The van der Waals surface area contributed by atoms with Crippen molar-refractivity contribution in [3.05, 3.63) is 71.8 Å². The monoisotopic (exact) mass is 368 g/mol. The van der Waals surface area contributed by atoms with Crippen molar-refractivity contribution in [1.82, 2.24) is 20.3 Å². The van der Waals surface area contributed by atoms with E-state index in [9.17, 15) is 9.18 Å². The fraction of sp³-hybridized carbons (Fsp3) is 0.211. The lowest BCUT2D eigenvalue weighted by Crippen LogP contribution is -2.40. The quantitative estimate of drug-likeness (QED) is 0.746. The molecule has 0 aliphatic carbocycles. The average molecular weight is 368 g/mol. The Hall–Kier alpha value is -3.42. The molecule has 8 heteroatoms. The number of halogens is 1. The zero-order valence-corrected chi connectivity index (χ0v) is 14.3. The largest absolute Gasteiger partial charge is 0.486 e. The van der Waals surface area contributed by atoms with Crippen molar-refractivity contribution in [2.75, 3.05) is 13.2 Å². The molecule has 4 rings (SSSR count). The van der Waals surface area contributed by atoms with Crippen LogP contribution in [0.25, 0.3) is 0 Å². The van der Waals surface area contributed by atoms with Gasteiger partial charge in [0, 0.05) is 0 Å². The summed E-state index contributed by atoms with van der Waals surface area (Å²) < 4.78 is 25.9. The molecular formula is C19H17FN4O3. The number of carbonyl (C=O) groups excluding carboxylic acids is 1. The van der Waals surface area contributed by atoms with Gasteiger partial charge in [-0.3, -0.25) is 4.79 Å². The molecule has 0 fully saturated rings. The van der Waals surface area contributed by atoms with Crippen molar-refractivity contribution in [2.45, 2.75) is 12.6 Å². The first-order chi connectivity index (χ1) is 13.2. The van der Waals surface area contributed by atoms with Crippen molar-refractivity contribution in [3.63, 3.8) is 0 Å². The number of nitrogens with zero attached hydrogens (tertiary/aromatic N) is 3. The molecule has 7 nitrogen and oxygen atoms in total. The van der Waals surface area contributed by atoms with Crippen LogP contribution in [0, 0.1) is 5.82 Å². The Balaban J connectivity index is 1.31. The van der Waals surface area contributed by atoms with Crippen LogP contribution in [0.5, 0.6) is 11.5 Å². The number of para-hydroxylation sites is 2. The summed E-state index contributed by atoms with van der Waals surface area (Å²) in [6, 6.07) is 13.5. The molecule has 2 aromatic carbocycles.